The van der Waals surface area contributed by atoms with E-state index in [1.54, 1.807) is 0 Å². The van der Waals surface area contributed by atoms with Crippen LogP contribution in [-0.2, 0) is 42.6 Å². The predicted octanol–water partition coefficient (Wildman–Crippen LogP) is 6.64. The third-order valence-electron chi connectivity index (χ3n) is 6.82. The van der Waals surface area contributed by atoms with Crippen LogP contribution in [0, 0.1) is 0 Å². The zero-order valence-corrected chi connectivity index (χ0v) is 28.3. The van der Waals surface area contributed by atoms with Crippen molar-refractivity contribution in [3.05, 3.63) is 0 Å². The van der Waals surface area contributed by atoms with Crippen LogP contribution < -0.4 is 0 Å². The Morgan fingerprint density at radius 3 is 0.674 bits per heavy atom. The highest BCUT2D eigenvalue weighted by atomic mass is 16.6. The molecule has 0 bridgehead atoms. The molecule has 9 nitrogen and oxygen atoms in total. The molecule has 0 fully saturated rings. The molecule has 0 amide bonds. The number of hydrogen-bond donors (Lipinski definition) is 0. The van der Waals surface area contributed by atoms with Crippen LogP contribution >= 0.6 is 0 Å². The Bertz CT molecular complexity index is 431. The summed E-state index contributed by atoms with van der Waals surface area (Å²) < 4.78 is 49.2. The molecule has 0 spiro atoms. The van der Waals surface area contributed by atoms with Gasteiger partial charge in [0.25, 0.3) is 0 Å². The second-order valence-corrected chi connectivity index (χ2v) is 10.7. The minimum atomic E-state index is 0.543. The fraction of sp³-hybridized carbons (Fsp3) is 1.00. The molecule has 260 valence electrons. The maximum atomic E-state index is 5.67. The van der Waals surface area contributed by atoms with E-state index in [1.165, 1.54) is 83.5 Å². The average molecular weight is 623 g/mol. The molecule has 43 heavy (non-hydrogen) atoms. The summed E-state index contributed by atoms with van der Waals surface area (Å²) in [5.74, 6) is 0. The van der Waals surface area contributed by atoms with Crippen molar-refractivity contribution >= 4 is 0 Å². The third kappa shape index (κ3) is 41.6. The smallest absolute Gasteiger partial charge is 0.0701 e. The molecule has 0 aliphatic heterocycles. The minimum absolute atomic E-state index is 0.543. The first-order valence-electron chi connectivity index (χ1n) is 17.6. The van der Waals surface area contributed by atoms with Gasteiger partial charge in [-0.1, -0.05) is 90.4 Å². The van der Waals surface area contributed by atoms with Gasteiger partial charge in [0.1, 0.15) is 0 Å². The van der Waals surface area contributed by atoms with Crippen molar-refractivity contribution in [2.75, 3.05) is 119 Å². The summed E-state index contributed by atoms with van der Waals surface area (Å²) in [5, 5.41) is 0. The van der Waals surface area contributed by atoms with Crippen molar-refractivity contribution in [3.8, 4) is 0 Å². The van der Waals surface area contributed by atoms with E-state index in [0.29, 0.717) is 106 Å². The monoisotopic (exact) mass is 623 g/mol. The molecular weight excluding hydrogens is 552 g/mol. The quantitative estimate of drug-likeness (QED) is 0.0699. The van der Waals surface area contributed by atoms with Crippen LogP contribution in [0.1, 0.15) is 104 Å². The van der Waals surface area contributed by atoms with Gasteiger partial charge in [-0.05, 0) is 13.3 Å². The van der Waals surface area contributed by atoms with E-state index in [2.05, 4.69) is 6.92 Å². The number of hydrogen-bond acceptors (Lipinski definition) is 9. The Morgan fingerprint density at radius 2 is 0.419 bits per heavy atom. The Labute approximate surface area is 265 Å². The summed E-state index contributed by atoms with van der Waals surface area (Å²) in [6, 6.07) is 0. The van der Waals surface area contributed by atoms with Gasteiger partial charge in [-0.25, -0.2) is 0 Å². The minimum Gasteiger partial charge on any atom is -0.379 e. The van der Waals surface area contributed by atoms with Gasteiger partial charge in [-0.15, -0.1) is 0 Å². The number of unbranched alkanes of at least 4 members (excludes halogenated alkanes) is 13. The van der Waals surface area contributed by atoms with Crippen molar-refractivity contribution in [3.63, 3.8) is 0 Å². The van der Waals surface area contributed by atoms with Crippen LogP contribution in [0.25, 0.3) is 0 Å². The van der Waals surface area contributed by atoms with Crippen molar-refractivity contribution < 1.29 is 42.6 Å². The highest BCUT2D eigenvalue weighted by molar-refractivity contribution is 4.49. The Balaban J connectivity index is 3.02. The molecule has 0 unspecified atom stereocenters. The van der Waals surface area contributed by atoms with E-state index in [1.807, 2.05) is 6.92 Å². The largest absolute Gasteiger partial charge is 0.379 e. The zero-order chi connectivity index (χ0) is 31.0. The molecule has 0 aliphatic rings. The molecule has 0 N–H and O–H groups in total. The molecule has 0 aliphatic carbocycles. The van der Waals surface area contributed by atoms with Crippen LogP contribution in [0.4, 0.5) is 0 Å². The second-order valence-electron chi connectivity index (χ2n) is 10.7. The van der Waals surface area contributed by atoms with Gasteiger partial charge < -0.3 is 42.6 Å². The van der Waals surface area contributed by atoms with Crippen molar-refractivity contribution in [2.45, 2.75) is 104 Å². The van der Waals surface area contributed by atoms with Crippen LogP contribution in [0.15, 0.2) is 0 Å². The first kappa shape index (κ1) is 42.6. The predicted molar refractivity (Wildman–Crippen MR) is 173 cm³/mol. The Morgan fingerprint density at radius 1 is 0.209 bits per heavy atom. The molecule has 0 aromatic carbocycles. The summed E-state index contributed by atoms with van der Waals surface area (Å²) in [6.07, 6.45) is 19.3. The van der Waals surface area contributed by atoms with Crippen LogP contribution in [0.2, 0.25) is 0 Å². The summed E-state index contributed by atoms with van der Waals surface area (Å²) in [5.41, 5.74) is 0. The van der Waals surface area contributed by atoms with Crippen LogP contribution in [0.5, 0.6) is 0 Å². The van der Waals surface area contributed by atoms with Crippen molar-refractivity contribution in [2.24, 2.45) is 0 Å². The molecule has 0 radical (unpaired) electrons. The normalized spacial score (nSPS) is 11.6. The molecule has 9 heteroatoms. The zero-order valence-electron chi connectivity index (χ0n) is 28.3. The van der Waals surface area contributed by atoms with Gasteiger partial charge in [0.15, 0.2) is 0 Å². The van der Waals surface area contributed by atoms with E-state index in [0.717, 1.165) is 19.6 Å². The van der Waals surface area contributed by atoms with Gasteiger partial charge >= 0.3 is 0 Å². The molecule has 0 saturated carbocycles. The average Bonchev–Trinajstić information content (AvgIpc) is 3.02. The Kier molecular flexibility index (Phi) is 41.3. The standard InChI is InChI=1S/C34H70O9/c1-3-5-6-7-8-9-10-11-12-13-14-15-16-17-18-36-21-22-38-25-26-40-29-30-42-33-34-43-32-31-41-28-27-39-24-23-37-20-19-35-4-2/h3-34H2,1-2H3. The first-order valence-corrected chi connectivity index (χ1v) is 17.6. The van der Waals surface area contributed by atoms with E-state index >= 15 is 0 Å². The Hall–Kier alpha value is -0.360. The summed E-state index contributed by atoms with van der Waals surface area (Å²) in [7, 11) is 0. The van der Waals surface area contributed by atoms with Crippen molar-refractivity contribution in [1.29, 1.82) is 0 Å². The highest BCUT2D eigenvalue weighted by Gasteiger charge is 1.97. The lowest BCUT2D eigenvalue weighted by molar-refractivity contribution is -0.0248. The maximum absolute atomic E-state index is 5.67. The van der Waals surface area contributed by atoms with E-state index in [4.69, 9.17) is 42.6 Å². The highest BCUT2D eigenvalue weighted by Crippen LogP contribution is 2.12. The van der Waals surface area contributed by atoms with Gasteiger partial charge in [0, 0.05) is 13.2 Å². The first-order chi connectivity index (χ1) is 21.4. The number of rotatable bonds is 40. The maximum Gasteiger partial charge on any atom is 0.0701 e. The van der Waals surface area contributed by atoms with E-state index in [-0.39, 0.29) is 0 Å². The number of ether oxygens (including phenoxy) is 9. The molecular formula is C34H70O9. The lowest BCUT2D eigenvalue weighted by Crippen LogP contribution is -2.15. The fourth-order valence-electron chi connectivity index (χ4n) is 4.30. The molecule has 0 saturated heterocycles. The molecule has 0 rings (SSSR count). The van der Waals surface area contributed by atoms with Gasteiger partial charge in [-0.2, -0.15) is 0 Å². The molecule has 0 aromatic heterocycles. The van der Waals surface area contributed by atoms with Gasteiger partial charge in [-0.3, -0.25) is 0 Å². The van der Waals surface area contributed by atoms with Crippen LogP contribution in [-0.4, -0.2) is 119 Å². The summed E-state index contributed by atoms with van der Waals surface area (Å²) in [6.45, 7) is 15.0. The SMILES string of the molecule is CCCCCCCCCCCCCCCCOCCOCCOCCOCCOCCOCCOCCOCCOCC. The summed E-state index contributed by atoms with van der Waals surface area (Å²) >= 11 is 0. The van der Waals surface area contributed by atoms with Crippen molar-refractivity contribution in [1.82, 2.24) is 0 Å². The second kappa shape index (κ2) is 41.6. The lowest BCUT2D eigenvalue weighted by Gasteiger charge is -2.09. The van der Waals surface area contributed by atoms with E-state index < -0.39 is 0 Å². The van der Waals surface area contributed by atoms with Crippen LogP contribution in [0.3, 0.4) is 0 Å². The third-order valence-corrected chi connectivity index (χ3v) is 6.82. The summed E-state index contributed by atoms with van der Waals surface area (Å²) in [4.78, 5) is 0. The molecule has 0 heterocycles. The van der Waals surface area contributed by atoms with Gasteiger partial charge in [0.2, 0.25) is 0 Å². The lowest BCUT2D eigenvalue weighted by atomic mass is 10.0. The molecule has 0 aromatic rings. The topological polar surface area (TPSA) is 83.1 Å². The fourth-order valence-corrected chi connectivity index (χ4v) is 4.30. The van der Waals surface area contributed by atoms with Gasteiger partial charge in [0.05, 0.1) is 106 Å². The van der Waals surface area contributed by atoms with E-state index in [9.17, 15) is 0 Å². The molecule has 0 atom stereocenters.